The first-order valence-corrected chi connectivity index (χ1v) is 7.37. The molecular weight excluding hydrogens is 210 g/mol. The van der Waals surface area contributed by atoms with Gasteiger partial charge in [-0.05, 0) is 12.8 Å². The molecule has 0 heterocycles. The van der Waals surface area contributed by atoms with E-state index in [1.54, 1.807) is 0 Å². The number of carbonyl (C=O) groups excluding carboxylic acids is 1. The molecule has 0 aliphatic heterocycles. The van der Waals surface area contributed by atoms with Crippen LogP contribution in [-0.4, -0.2) is 12.5 Å². The van der Waals surface area contributed by atoms with E-state index in [-0.39, 0.29) is 5.91 Å². The van der Waals surface area contributed by atoms with Crippen molar-refractivity contribution in [1.29, 1.82) is 0 Å². The van der Waals surface area contributed by atoms with Gasteiger partial charge in [-0.1, -0.05) is 65.2 Å². The van der Waals surface area contributed by atoms with Crippen molar-refractivity contribution in [3.8, 4) is 0 Å². The first-order valence-electron chi connectivity index (χ1n) is 7.37. The molecule has 0 aliphatic carbocycles. The molecule has 0 unspecified atom stereocenters. The minimum absolute atomic E-state index is 0.235. The van der Waals surface area contributed by atoms with Crippen LogP contribution in [-0.2, 0) is 4.79 Å². The molecule has 2 nitrogen and oxygen atoms in total. The number of rotatable bonds is 12. The minimum Gasteiger partial charge on any atom is -0.356 e. The van der Waals surface area contributed by atoms with Crippen LogP contribution >= 0.6 is 0 Å². The van der Waals surface area contributed by atoms with E-state index in [9.17, 15) is 4.79 Å². The van der Waals surface area contributed by atoms with E-state index in [0.29, 0.717) is 6.42 Å². The van der Waals surface area contributed by atoms with Crippen molar-refractivity contribution < 1.29 is 4.79 Å². The third kappa shape index (κ3) is 13.4. The molecule has 101 valence electrons. The summed E-state index contributed by atoms with van der Waals surface area (Å²) in [6.07, 6.45) is 12.7. The van der Waals surface area contributed by atoms with Gasteiger partial charge in [-0.3, -0.25) is 4.79 Å². The van der Waals surface area contributed by atoms with Gasteiger partial charge >= 0.3 is 0 Å². The summed E-state index contributed by atoms with van der Waals surface area (Å²) >= 11 is 0. The van der Waals surface area contributed by atoms with Crippen LogP contribution in [0.4, 0.5) is 0 Å². The number of hydrogen-bond donors (Lipinski definition) is 1. The standard InChI is InChI=1S/C15H30NO/c1-3-5-7-8-9-10-11-13-15(17)16-14-12-6-4-2/h1,3-14H2,2H3,(H,16,17). The Kier molecular flexibility index (Phi) is 13.1. The maximum absolute atomic E-state index is 11.4. The topological polar surface area (TPSA) is 29.1 Å². The Morgan fingerprint density at radius 3 is 2.24 bits per heavy atom. The summed E-state index contributed by atoms with van der Waals surface area (Å²) in [5.41, 5.74) is 0. The van der Waals surface area contributed by atoms with Crippen molar-refractivity contribution in [1.82, 2.24) is 5.32 Å². The van der Waals surface area contributed by atoms with Crippen molar-refractivity contribution in [3.05, 3.63) is 6.92 Å². The Balaban J connectivity index is 3.11. The number of carbonyl (C=O) groups is 1. The highest BCUT2D eigenvalue weighted by Gasteiger charge is 1.99. The second kappa shape index (κ2) is 13.5. The fourth-order valence-corrected chi connectivity index (χ4v) is 1.86. The lowest BCUT2D eigenvalue weighted by molar-refractivity contribution is -0.121. The van der Waals surface area contributed by atoms with Gasteiger partial charge in [0.2, 0.25) is 5.91 Å². The number of hydrogen-bond acceptors (Lipinski definition) is 1. The number of amides is 1. The average molecular weight is 240 g/mol. The Bertz CT molecular complexity index is 168. The maximum atomic E-state index is 11.4. The third-order valence-corrected chi connectivity index (χ3v) is 3.01. The molecule has 0 aromatic heterocycles. The van der Waals surface area contributed by atoms with E-state index in [2.05, 4.69) is 19.2 Å². The van der Waals surface area contributed by atoms with Crippen LogP contribution in [0.5, 0.6) is 0 Å². The molecule has 1 N–H and O–H groups in total. The summed E-state index contributed by atoms with van der Waals surface area (Å²) in [6, 6.07) is 0. The van der Waals surface area contributed by atoms with Crippen LogP contribution in [0.3, 0.4) is 0 Å². The summed E-state index contributed by atoms with van der Waals surface area (Å²) in [5.74, 6) is 0.235. The second-order valence-electron chi connectivity index (χ2n) is 4.78. The fraction of sp³-hybridized carbons (Fsp3) is 0.867. The molecule has 0 spiro atoms. The highest BCUT2D eigenvalue weighted by molar-refractivity contribution is 5.75. The largest absolute Gasteiger partial charge is 0.356 e. The minimum atomic E-state index is 0.235. The van der Waals surface area contributed by atoms with Gasteiger partial charge in [0.1, 0.15) is 0 Å². The van der Waals surface area contributed by atoms with Gasteiger partial charge in [-0.25, -0.2) is 0 Å². The van der Waals surface area contributed by atoms with Crippen LogP contribution in [0, 0.1) is 6.92 Å². The molecule has 0 aromatic rings. The molecule has 0 saturated carbocycles. The van der Waals surface area contributed by atoms with Crippen molar-refractivity contribution in [3.63, 3.8) is 0 Å². The summed E-state index contributed by atoms with van der Waals surface area (Å²) in [4.78, 5) is 11.4. The Labute approximate surface area is 108 Å². The van der Waals surface area contributed by atoms with Gasteiger partial charge < -0.3 is 5.32 Å². The molecule has 0 saturated heterocycles. The summed E-state index contributed by atoms with van der Waals surface area (Å²) in [6.45, 7) is 6.87. The van der Waals surface area contributed by atoms with Crippen LogP contribution in [0.25, 0.3) is 0 Å². The number of unbranched alkanes of at least 4 members (excludes halogenated alkanes) is 8. The molecule has 1 amide bonds. The fourth-order valence-electron chi connectivity index (χ4n) is 1.86. The van der Waals surface area contributed by atoms with E-state index < -0.39 is 0 Å². The van der Waals surface area contributed by atoms with Crippen LogP contribution in [0.2, 0.25) is 0 Å². The third-order valence-electron chi connectivity index (χ3n) is 3.01. The van der Waals surface area contributed by atoms with Crippen molar-refractivity contribution in [2.75, 3.05) is 6.54 Å². The zero-order valence-corrected chi connectivity index (χ0v) is 11.6. The lowest BCUT2D eigenvalue weighted by Gasteiger charge is -2.04. The van der Waals surface area contributed by atoms with Gasteiger partial charge in [0.15, 0.2) is 0 Å². The predicted octanol–water partition coefficient (Wildman–Crippen LogP) is 4.25. The van der Waals surface area contributed by atoms with Crippen molar-refractivity contribution in [2.45, 2.75) is 77.6 Å². The lowest BCUT2D eigenvalue weighted by Crippen LogP contribution is -2.23. The summed E-state index contributed by atoms with van der Waals surface area (Å²) < 4.78 is 0. The van der Waals surface area contributed by atoms with E-state index >= 15 is 0 Å². The molecule has 0 atom stereocenters. The summed E-state index contributed by atoms with van der Waals surface area (Å²) in [5, 5.41) is 2.98. The van der Waals surface area contributed by atoms with Gasteiger partial charge in [0.05, 0.1) is 0 Å². The lowest BCUT2D eigenvalue weighted by atomic mass is 10.1. The van der Waals surface area contributed by atoms with Gasteiger partial charge in [-0.15, -0.1) is 0 Å². The van der Waals surface area contributed by atoms with E-state index in [0.717, 1.165) is 25.8 Å². The van der Waals surface area contributed by atoms with Crippen molar-refractivity contribution >= 4 is 5.91 Å². The average Bonchev–Trinajstić information content (AvgIpc) is 2.33. The van der Waals surface area contributed by atoms with Crippen molar-refractivity contribution in [2.24, 2.45) is 0 Å². The van der Waals surface area contributed by atoms with Gasteiger partial charge in [0, 0.05) is 13.0 Å². The van der Waals surface area contributed by atoms with Gasteiger partial charge in [0.25, 0.3) is 0 Å². The predicted molar refractivity (Wildman–Crippen MR) is 74.8 cm³/mol. The van der Waals surface area contributed by atoms with E-state index in [1.807, 2.05) is 0 Å². The van der Waals surface area contributed by atoms with E-state index in [1.165, 1.54) is 44.9 Å². The SMILES string of the molecule is [CH2]CCCCCCCCC(=O)NCCCCC. The Morgan fingerprint density at radius 1 is 0.941 bits per heavy atom. The molecule has 1 radical (unpaired) electrons. The molecule has 0 aliphatic rings. The summed E-state index contributed by atoms with van der Waals surface area (Å²) in [7, 11) is 0. The smallest absolute Gasteiger partial charge is 0.219 e. The maximum Gasteiger partial charge on any atom is 0.219 e. The van der Waals surface area contributed by atoms with Crippen LogP contribution in [0.1, 0.15) is 77.6 Å². The second-order valence-corrected chi connectivity index (χ2v) is 4.78. The Hall–Kier alpha value is -0.530. The monoisotopic (exact) mass is 240 g/mol. The Morgan fingerprint density at radius 2 is 1.59 bits per heavy atom. The van der Waals surface area contributed by atoms with E-state index in [4.69, 9.17) is 0 Å². The zero-order chi connectivity index (χ0) is 12.8. The highest BCUT2D eigenvalue weighted by Crippen LogP contribution is 2.08. The van der Waals surface area contributed by atoms with Gasteiger partial charge in [-0.2, -0.15) is 0 Å². The molecule has 0 aromatic carbocycles. The quantitative estimate of drug-likeness (QED) is 0.508. The first kappa shape index (κ1) is 16.5. The molecule has 17 heavy (non-hydrogen) atoms. The normalized spacial score (nSPS) is 10.5. The number of nitrogens with one attached hydrogen (secondary N) is 1. The zero-order valence-electron chi connectivity index (χ0n) is 11.6. The molecular formula is C15H30NO. The molecule has 0 fully saturated rings. The molecule has 0 bridgehead atoms. The van der Waals surface area contributed by atoms with Crippen LogP contribution in [0.15, 0.2) is 0 Å². The van der Waals surface area contributed by atoms with Crippen LogP contribution < -0.4 is 5.32 Å². The molecule has 0 rings (SSSR count). The highest BCUT2D eigenvalue weighted by atomic mass is 16.1. The first-order chi connectivity index (χ1) is 8.31. The molecule has 2 heteroatoms.